The van der Waals surface area contributed by atoms with Gasteiger partial charge in [-0.05, 0) is 32.1 Å². The molecule has 2 amide bonds. The van der Waals surface area contributed by atoms with E-state index >= 15 is 0 Å². The standard InChI is InChI=1S/C16H30N2O2/c1-7-9-11(3)10-18-13(12(4)8-2)14(19)17-16(5,6)15(18)20/h11-13H,7-10H2,1-6H3,(H,17,19). The van der Waals surface area contributed by atoms with Crippen LogP contribution in [-0.2, 0) is 9.59 Å². The van der Waals surface area contributed by atoms with Crippen molar-refractivity contribution in [2.75, 3.05) is 6.54 Å². The van der Waals surface area contributed by atoms with Crippen LogP contribution in [0.2, 0.25) is 0 Å². The van der Waals surface area contributed by atoms with E-state index < -0.39 is 5.54 Å². The van der Waals surface area contributed by atoms with Gasteiger partial charge in [0, 0.05) is 6.54 Å². The van der Waals surface area contributed by atoms with E-state index in [1.807, 2.05) is 11.8 Å². The normalized spacial score (nSPS) is 25.3. The third-order valence-corrected chi connectivity index (χ3v) is 4.31. The van der Waals surface area contributed by atoms with E-state index in [-0.39, 0.29) is 23.8 Å². The first kappa shape index (κ1) is 17.0. The van der Waals surface area contributed by atoms with Crippen molar-refractivity contribution in [3.8, 4) is 0 Å². The number of carbonyl (C=O) groups is 2. The highest BCUT2D eigenvalue weighted by Crippen LogP contribution is 2.26. The second-order valence-corrected chi connectivity index (χ2v) is 6.80. The Hall–Kier alpha value is -1.06. The molecule has 3 unspecified atom stereocenters. The molecule has 1 saturated heterocycles. The number of rotatable bonds is 6. The summed E-state index contributed by atoms with van der Waals surface area (Å²) in [6, 6.07) is -0.320. The zero-order valence-electron chi connectivity index (χ0n) is 13.8. The molecule has 0 spiro atoms. The van der Waals surface area contributed by atoms with Crippen molar-refractivity contribution in [2.24, 2.45) is 11.8 Å². The van der Waals surface area contributed by atoms with Crippen LogP contribution in [0.15, 0.2) is 0 Å². The van der Waals surface area contributed by atoms with Crippen LogP contribution in [0.3, 0.4) is 0 Å². The Morgan fingerprint density at radius 2 is 1.85 bits per heavy atom. The van der Waals surface area contributed by atoms with Crippen LogP contribution in [0.5, 0.6) is 0 Å². The Bertz CT molecular complexity index is 365. The van der Waals surface area contributed by atoms with Gasteiger partial charge in [0.25, 0.3) is 0 Å². The summed E-state index contributed by atoms with van der Waals surface area (Å²) in [4.78, 5) is 26.9. The van der Waals surface area contributed by atoms with Gasteiger partial charge in [0.1, 0.15) is 11.6 Å². The molecular weight excluding hydrogens is 252 g/mol. The summed E-state index contributed by atoms with van der Waals surface area (Å²) in [5.74, 6) is 0.652. The first-order valence-electron chi connectivity index (χ1n) is 7.87. The number of nitrogens with zero attached hydrogens (tertiary/aromatic N) is 1. The molecule has 1 N–H and O–H groups in total. The quantitative estimate of drug-likeness (QED) is 0.814. The lowest BCUT2D eigenvalue weighted by atomic mass is 9.88. The number of hydrogen-bond donors (Lipinski definition) is 1. The highest BCUT2D eigenvalue weighted by molar-refractivity contribution is 5.99. The minimum Gasteiger partial charge on any atom is -0.340 e. The van der Waals surface area contributed by atoms with Crippen molar-refractivity contribution >= 4 is 11.8 Å². The van der Waals surface area contributed by atoms with Gasteiger partial charge >= 0.3 is 0 Å². The maximum Gasteiger partial charge on any atom is 0.248 e. The zero-order chi connectivity index (χ0) is 15.5. The Morgan fingerprint density at radius 3 is 2.35 bits per heavy atom. The van der Waals surface area contributed by atoms with Crippen LogP contribution in [-0.4, -0.2) is 34.8 Å². The first-order valence-corrected chi connectivity index (χ1v) is 7.87. The van der Waals surface area contributed by atoms with Gasteiger partial charge in [-0.1, -0.05) is 40.5 Å². The second-order valence-electron chi connectivity index (χ2n) is 6.80. The molecule has 0 aromatic rings. The monoisotopic (exact) mass is 282 g/mol. The molecular formula is C16H30N2O2. The summed E-state index contributed by atoms with van der Waals surface area (Å²) in [6.07, 6.45) is 3.08. The molecule has 0 saturated carbocycles. The minimum atomic E-state index is -0.785. The van der Waals surface area contributed by atoms with Crippen molar-refractivity contribution in [3.63, 3.8) is 0 Å². The maximum absolute atomic E-state index is 12.7. The summed E-state index contributed by atoms with van der Waals surface area (Å²) in [5.41, 5.74) is -0.785. The Balaban J connectivity index is 3.00. The molecule has 0 aromatic heterocycles. The summed E-state index contributed by atoms with van der Waals surface area (Å²) in [7, 11) is 0. The number of nitrogens with one attached hydrogen (secondary N) is 1. The van der Waals surface area contributed by atoms with Crippen molar-refractivity contribution in [1.29, 1.82) is 0 Å². The van der Waals surface area contributed by atoms with Gasteiger partial charge in [-0.3, -0.25) is 9.59 Å². The van der Waals surface area contributed by atoms with Gasteiger partial charge in [-0.25, -0.2) is 0 Å². The van der Waals surface area contributed by atoms with E-state index in [1.165, 1.54) is 0 Å². The maximum atomic E-state index is 12.7. The fourth-order valence-corrected chi connectivity index (χ4v) is 2.97. The molecule has 1 aliphatic rings. The van der Waals surface area contributed by atoms with E-state index in [0.29, 0.717) is 12.5 Å². The summed E-state index contributed by atoms with van der Waals surface area (Å²) < 4.78 is 0. The Kier molecular flexibility index (Phi) is 5.60. The number of piperazine rings is 1. The number of hydrogen-bond acceptors (Lipinski definition) is 2. The van der Waals surface area contributed by atoms with E-state index in [2.05, 4.69) is 26.1 Å². The van der Waals surface area contributed by atoms with E-state index in [0.717, 1.165) is 19.3 Å². The molecule has 0 bridgehead atoms. The summed E-state index contributed by atoms with van der Waals surface area (Å²) in [6.45, 7) is 12.7. The van der Waals surface area contributed by atoms with Crippen LogP contribution < -0.4 is 5.32 Å². The smallest absolute Gasteiger partial charge is 0.248 e. The molecule has 0 aliphatic carbocycles. The lowest BCUT2D eigenvalue weighted by Crippen LogP contribution is -2.69. The largest absolute Gasteiger partial charge is 0.340 e. The van der Waals surface area contributed by atoms with Crippen LogP contribution in [0.1, 0.15) is 60.8 Å². The molecule has 1 fully saturated rings. The predicted octanol–water partition coefficient (Wildman–Crippen LogP) is 2.57. The summed E-state index contributed by atoms with van der Waals surface area (Å²) >= 11 is 0. The van der Waals surface area contributed by atoms with Crippen LogP contribution in [0, 0.1) is 11.8 Å². The fraction of sp³-hybridized carbons (Fsp3) is 0.875. The Labute approximate surface area is 123 Å². The van der Waals surface area contributed by atoms with Crippen LogP contribution >= 0.6 is 0 Å². The lowest BCUT2D eigenvalue weighted by Gasteiger charge is -2.45. The molecule has 116 valence electrons. The van der Waals surface area contributed by atoms with Gasteiger partial charge in [-0.15, -0.1) is 0 Å². The zero-order valence-corrected chi connectivity index (χ0v) is 13.8. The topological polar surface area (TPSA) is 49.4 Å². The van der Waals surface area contributed by atoms with E-state index in [1.54, 1.807) is 13.8 Å². The van der Waals surface area contributed by atoms with Gasteiger partial charge in [-0.2, -0.15) is 0 Å². The molecule has 0 radical (unpaired) electrons. The Morgan fingerprint density at radius 1 is 1.25 bits per heavy atom. The number of amides is 2. The van der Waals surface area contributed by atoms with Crippen molar-refractivity contribution < 1.29 is 9.59 Å². The van der Waals surface area contributed by atoms with Crippen LogP contribution in [0.4, 0.5) is 0 Å². The second kappa shape index (κ2) is 6.59. The molecule has 4 nitrogen and oxygen atoms in total. The molecule has 0 aromatic carbocycles. The van der Waals surface area contributed by atoms with E-state index in [4.69, 9.17) is 0 Å². The van der Waals surface area contributed by atoms with Gasteiger partial charge in [0.2, 0.25) is 11.8 Å². The highest BCUT2D eigenvalue weighted by Gasteiger charge is 2.46. The van der Waals surface area contributed by atoms with Crippen molar-refractivity contribution in [2.45, 2.75) is 72.4 Å². The first-order chi connectivity index (χ1) is 9.24. The molecule has 1 aliphatic heterocycles. The van der Waals surface area contributed by atoms with Gasteiger partial charge < -0.3 is 10.2 Å². The van der Waals surface area contributed by atoms with Gasteiger partial charge in [0.05, 0.1) is 0 Å². The van der Waals surface area contributed by atoms with E-state index in [9.17, 15) is 9.59 Å². The minimum absolute atomic E-state index is 0.00681. The third kappa shape index (κ3) is 3.53. The molecule has 1 rings (SSSR count). The molecule has 4 heteroatoms. The van der Waals surface area contributed by atoms with Crippen molar-refractivity contribution in [3.05, 3.63) is 0 Å². The molecule has 1 heterocycles. The average molecular weight is 282 g/mol. The summed E-state index contributed by atoms with van der Waals surface area (Å²) in [5, 5.41) is 2.88. The highest BCUT2D eigenvalue weighted by atomic mass is 16.2. The third-order valence-electron chi connectivity index (χ3n) is 4.31. The molecule has 3 atom stereocenters. The van der Waals surface area contributed by atoms with Crippen molar-refractivity contribution in [1.82, 2.24) is 10.2 Å². The average Bonchev–Trinajstić information content (AvgIpc) is 2.35. The predicted molar refractivity (Wildman–Crippen MR) is 81.2 cm³/mol. The number of carbonyl (C=O) groups excluding carboxylic acids is 2. The molecule has 20 heavy (non-hydrogen) atoms. The SMILES string of the molecule is CCCC(C)CN1C(=O)C(C)(C)NC(=O)C1C(C)CC. The van der Waals surface area contributed by atoms with Crippen LogP contribution in [0.25, 0.3) is 0 Å². The fourth-order valence-electron chi connectivity index (χ4n) is 2.97. The lowest BCUT2D eigenvalue weighted by molar-refractivity contribution is -0.156. The van der Waals surface area contributed by atoms with Gasteiger partial charge in [0.15, 0.2) is 0 Å².